The molecule has 0 spiro atoms. The van der Waals surface area contributed by atoms with E-state index in [0.29, 0.717) is 19.3 Å². The van der Waals surface area contributed by atoms with Gasteiger partial charge in [0.25, 0.3) is 0 Å². The van der Waals surface area contributed by atoms with Crippen LogP contribution in [0, 0.1) is 0 Å². The molecule has 0 rings (SSSR count). The molecule has 0 amide bonds. The van der Waals surface area contributed by atoms with Crippen molar-refractivity contribution in [3.05, 3.63) is 97.2 Å². The molecule has 0 aliphatic heterocycles. The highest BCUT2D eigenvalue weighted by Crippen LogP contribution is 2.17. The molecule has 78 heavy (non-hydrogen) atoms. The maximum absolute atomic E-state index is 12.9. The van der Waals surface area contributed by atoms with Gasteiger partial charge in [-0.15, -0.1) is 0 Å². The van der Waals surface area contributed by atoms with Gasteiger partial charge in [0.05, 0.1) is 0 Å². The molecule has 0 aromatic heterocycles. The van der Waals surface area contributed by atoms with Crippen LogP contribution < -0.4 is 0 Å². The fraction of sp³-hybridized carbons (Fsp3) is 0.736. The third-order valence-corrected chi connectivity index (χ3v) is 14.4. The van der Waals surface area contributed by atoms with Crippen LogP contribution in [0.3, 0.4) is 0 Å². The largest absolute Gasteiger partial charge is 0.462 e. The van der Waals surface area contributed by atoms with Crippen LogP contribution in [0.5, 0.6) is 0 Å². The summed E-state index contributed by atoms with van der Waals surface area (Å²) in [5.74, 6) is -0.893. The Bertz CT molecular complexity index is 1530. The van der Waals surface area contributed by atoms with Gasteiger partial charge in [-0.05, 0) is 83.5 Å². The Balaban J connectivity index is 4.33. The Morgan fingerprint density at radius 2 is 0.500 bits per heavy atom. The van der Waals surface area contributed by atoms with Gasteiger partial charge >= 0.3 is 17.9 Å². The molecule has 0 aliphatic rings. The summed E-state index contributed by atoms with van der Waals surface area (Å²) in [5.41, 5.74) is 0. The fourth-order valence-corrected chi connectivity index (χ4v) is 9.40. The summed E-state index contributed by atoms with van der Waals surface area (Å²) in [6.07, 6.45) is 88.5. The van der Waals surface area contributed by atoms with Crippen molar-refractivity contribution in [2.24, 2.45) is 0 Å². The van der Waals surface area contributed by atoms with E-state index in [0.717, 1.165) is 122 Å². The molecule has 0 bridgehead atoms. The zero-order valence-electron chi connectivity index (χ0n) is 51.4. The first-order valence-electron chi connectivity index (χ1n) is 33.2. The van der Waals surface area contributed by atoms with Crippen LogP contribution in [0.15, 0.2) is 97.2 Å². The predicted octanol–water partition coefficient (Wildman–Crippen LogP) is 22.8. The van der Waals surface area contributed by atoms with Crippen LogP contribution in [0.1, 0.15) is 323 Å². The van der Waals surface area contributed by atoms with Gasteiger partial charge in [-0.2, -0.15) is 0 Å². The van der Waals surface area contributed by atoms with Crippen molar-refractivity contribution in [2.75, 3.05) is 13.2 Å². The molecule has 0 aliphatic carbocycles. The van der Waals surface area contributed by atoms with E-state index in [4.69, 9.17) is 14.2 Å². The lowest BCUT2D eigenvalue weighted by atomic mass is 10.0. The van der Waals surface area contributed by atoms with E-state index in [1.807, 2.05) is 0 Å². The Kier molecular flexibility index (Phi) is 62.7. The van der Waals surface area contributed by atoms with Crippen molar-refractivity contribution in [3.63, 3.8) is 0 Å². The average Bonchev–Trinajstić information content (AvgIpc) is 3.44. The van der Waals surface area contributed by atoms with Gasteiger partial charge in [0.1, 0.15) is 13.2 Å². The van der Waals surface area contributed by atoms with Crippen molar-refractivity contribution >= 4 is 17.9 Å². The van der Waals surface area contributed by atoms with Crippen LogP contribution in [-0.2, 0) is 28.6 Å². The molecule has 0 fully saturated rings. The molecule has 0 heterocycles. The van der Waals surface area contributed by atoms with E-state index in [2.05, 4.69) is 118 Å². The summed E-state index contributed by atoms with van der Waals surface area (Å²) in [5, 5.41) is 0. The number of hydrogen-bond acceptors (Lipinski definition) is 6. The van der Waals surface area contributed by atoms with E-state index >= 15 is 0 Å². The number of ether oxygens (including phenoxy) is 3. The normalized spacial score (nSPS) is 12.7. The van der Waals surface area contributed by atoms with Crippen LogP contribution in [0.2, 0.25) is 0 Å². The number of allylic oxidation sites excluding steroid dienone is 16. The van der Waals surface area contributed by atoms with Crippen molar-refractivity contribution < 1.29 is 28.6 Å². The smallest absolute Gasteiger partial charge is 0.306 e. The zero-order chi connectivity index (χ0) is 56.4. The standard InChI is InChI=1S/C72H124O6/c1-4-7-10-13-16-19-22-25-27-29-31-32-33-34-35-36-37-38-39-40-42-43-45-47-50-53-56-59-62-65-71(74)77-68-69(67-76-70(73)64-61-58-55-52-49-24-21-18-15-12-9-6-3)78-72(75)66-63-60-57-54-51-48-46-44-41-30-28-26-23-20-17-14-11-8-5-2/h7,10,16,19,25,27,31-32,34-35,37-38,40,42,45,47,69H,4-6,8-9,11-15,17-18,20-24,26,28-30,33,36,39,41,43-44,46,48-68H2,1-3H3/b10-7-,19-16-,27-25-,32-31-,35-34-,38-37-,42-40-,47-45-. The first-order chi connectivity index (χ1) is 38.5. The maximum atomic E-state index is 12.9. The molecule has 0 aromatic carbocycles. The van der Waals surface area contributed by atoms with E-state index < -0.39 is 6.10 Å². The number of rotatable bonds is 60. The van der Waals surface area contributed by atoms with Crippen LogP contribution in [0.25, 0.3) is 0 Å². The zero-order valence-corrected chi connectivity index (χ0v) is 51.4. The molecular formula is C72H124O6. The summed E-state index contributed by atoms with van der Waals surface area (Å²) in [4.78, 5) is 38.3. The number of carbonyl (C=O) groups excluding carboxylic acids is 3. The maximum Gasteiger partial charge on any atom is 0.306 e. The minimum atomic E-state index is -0.786. The second-order valence-electron chi connectivity index (χ2n) is 22.0. The van der Waals surface area contributed by atoms with Crippen LogP contribution >= 0.6 is 0 Å². The first kappa shape index (κ1) is 74.3. The van der Waals surface area contributed by atoms with Crippen molar-refractivity contribution in [1.29, 1.82) is 0 Å². The first-order valence-corrected chi connectivity index (χ1v) is 33.2. The number of esters is 3. The highest BCUT2D eigenvalue weighted by atomic mass is 16.6. The van der Waals surface area contributed by atoms with Gasteiger partial charge in [0.2, 0.25) is 0 Å². The van der Waals surface area contributed by atoms with Crippen molar-refractivity contribution in [2.45, 2.75) is 329 Å². The van der Waals surface area contributed by atoms with Gasteiger partial charge in [0, 0.05) is 19.3 Å². The summed E-state index contributed by atoms with van der Waals surface area (Å²) in [6, 6.07) is 0. The van der Waals surface area contributed by atoms with Gasteiger partial charge < -0.3 is 14.2 Å². The van der Waals surface area contributed by atoms with Gasteiger partial charge in [-0.1, -0.05) is 317 Å². The third kappa shape index (κ3) is 63.2. The van der Waals surface area contributed by atoms with Gasteiger partial charge in [0.15, 0.2) is 6.10 Å². The number of hydrogen-bond donors (Lipinski definition) is 0. The van der Waals surface area contributed by atoms with Crippen molar-refractivity contribution in [3.8, 4) is 0 Å². The molecule has 6 nitrogen and oxygen atoms in total. The quantitative estimate of drug-likeness (QED) is 0.0261. The lowest BCUT2D eigenvalue weighted by Crippen LogP contribution is -2.30. The molecule has 448 valence electrons. The Morgan fingerprint density at radius 1 is 0.269 bits per heavy atom. The Hall–Kier alpha value is -3.67. The lowest BCUT2D eigenvalue weighted by Gasteiger charge is -2.18. The highest BCUT2D eigenvalue weighted by Gasteiger charge is 2.19. The SMILES string of the molecule is CC/C=C\C/C=C\C/C=C\C/C=C\C/C=C\C/C=C\C/C=C\C/C=C\CCCCCCC(=O)OCC(COC(=O)CCCCCCCCCCCCCC)OC(=O)CCCCCCCCCCCCCCCCCCCCC. The summed E-state index contributed by atoms with van der Waals surface area (Å²) in [6.45, 7) is 6.54. The monoisotopic (exact) mass is 1080 g/mol. The lowest BCUT2D eigenvalue weighted by molar-refractivity contribution is -0.167. The summed E-state index contributed by atoms with van der Waals surface area (Å²) >= 11 is 0. The van der Waals surface area contributed by atoms with E-state index in [9.17, 15) is 14.4 Å². The molecule has 6 heteroatoms. The topological polar surface area (TPSA) is 78.9 Å². The van der Waals surface area contributed by atoms with Crippen LogP contribution in [-0.4, -0.2) is 37.2 Å². The van der Waals surface area contributed by atoms with E-state index in [-0.39, 0.29) is 31.1 Å². The second-order valence-corrected chi connectivity index (χ2v) is 22.0. The third-order valence-electron chi connectivity index (χ3n) is 14.4. The number of carbonyl (C=O) groups is 3. The Morgan fingerprint density at radius 3 is 0.782 bits per heavy atom. The molecule has 0 saturated heterocycles. The van der Waals surface area contributed by atoms with Crippen molar-refractivity contribution in [1.82, 2.24) is 0 Å². The fourth-order valence-electron chi connectivity index (χ4n) is 9.40. The number of unbranched alkanes of at least 4 members (excludes halogenated alkanes) is 33. The highest BCUT2D eigenvalue weighted by molar-refractivity contribution is 5.71. The summed E-state index contributed by atoms with van der Waals surface area (Å²) in [7, 11) is 0. The molecule has 0 N–H and O–H groups in total. The molecule has 1 atom stereocenters. The van der Waals surface area contributed by atoms with Crippen LogP contribution in [0.4, 0.5) is 0 Å². The van der Waals surface area contributed by atoms with Gasteiger partial charge in [-0.25, -0.2) is 0 Å². The molecular weight excluding hydrogens is 961 g/mol. The minimum absolute atomic E-state index is 0.0813. The average molecular weight is 1090 g/mol. The molecule has 0 radical (unpaired) electrons. The van der Waals surface area contributed by atoms with Gasteiger partial charge in [-0.3, -0.25) is 14.4 Å². The van der Waals surface area contributed by atoms with E-state index in [1.54, 1.807) is 0 Å². The minimum Gasteiger partial charge on any atom is -0.462 e. The molecule has 0 saturated carbocycles. The summed E-state index contributed by atoms with van der Waals surface area (Å²) < 4.78 is 16.9. The Labute approximate surface area is 483 Å². The molecule has 0 aromatic rings. The predicted molar refractivity (Wildman–Crippen MR) is 339 cm³/mol. The second kappa shape index (κ2) is 65.8. The molecule has 1 unspecified atom stereocenters. The van der Waals surface area contributed by atoms with E-state index in [1.165, 1.54) is 161 Å².